The van der Waals surface area contributed by atoms with Gasteiger partial charge in [0, 0.05) is 13.3 Å². The van der Waals surface area contributed by atoms with E-state index in [4.69, 9.17) is 4.74 Å². The molecule has 0 unspecified atom stereocenters. The van der Waals surface area contributed by atoms with E-state index in [0.29, 0.717) is 9.39 Å². The van der Waals surface area contributed by atoms with Crippen molar-refractivity contribution >= 4 is 22.6 Å². The van der Waals surface area contributed by atoms with Crippen molar-refractivity contribution < 1.29 is 4.74 Å². The molecule has 0 aromatic carbocycles. The summed E-state index contributed by atoms with van der Waals surface area (Å²) in [5.41, 5.74) is -0.414. The van der Waals surface area contributed by atoms with E-state index in [-0.39, 0.29) is 11.2 Å². The number of hydrogen-bond acceptors (Lipinski definition) is 3. The highest BCUT2D eigenvalue weighted by molar-refractivity contribution is 14.1. The lowest BCUT2D eigenvalue weighted by Crippen LogP contribution is -2.39. The number of halogens is 1. The molecule has 1 aromatic heterocycles. The molecule has 2 rings (SSSR count). The lowest BCUT2D eigenvalue weighted by atomic mass is 9.79. The van der Waals surface area contributed by atoms with E-state index in [1.807, 2.05) is 22.6 Å². The smallest absolute Gasteiger partial charge is 0.264 e. The van der Waals surface area contributed by atoms with Crippen LogP contribution in [0.15, 0.2) is 11.0 Å². The van der Waals surface area contributed by atoms with E-state index in [9.17, 15) is 4.79 Å². The number of hydrogen-bond donors (Lipinski definition) is 1. The summed E-state index contributed by atoms with van der Waals surface area (Å²) in [7, 11) is 1.66. The third-order valence-electron chi connectivity index (χ3n) is 2.74. The molecule has 1 aromatic rings. The fraction of sp³-hybridized carbons (Fsp3) is 0.556. The monoisotopic (exact) mass is 306 g/mol. The molecule has 5 heteroatoms. The summed E-state index contributed by atoms with van der Waals surface area (Å²) >= 11 is 1.96. The molecule has 1 aliphatic carbocycles. The Labute approximate surface area is 95.2 Å². The fourth-order valence-corrected chi connectivity index (χ4v) is 1.92. The highest BCUT2D eigenvalue weighted by Crippen LogP contribution is 2.42. The molecule has 0 bridgehead atoms. The van der Waals surface area contributed by atoms with Gasteiger partial charge in [-0.25, -0.2) is 4.98 Å². The van der Waals surface area contributed by atoms with Gasteiger partial charge in [-0.3, -0.25) is 4.79 Å². The Kier molecular flexibility index (Phi) is 2.61. The van der Waals surface area contributed by atoms with Crippen LogP contribution in [0.3, 0.4) is 0 Å². The van der Waals surface area contributed by atoms with Crippen LogP contribution in [-0.4, -0.2) is 17.1 Å². The molecule has 0 saturated heterocycles. The van der Waals surface area contributed by atoms with Crippen LogP contribution >= 0.6 is 22.6 Å². The summed E-state index contributed by atoms with van der Waals surface area (Å²) in [5, 5.41) is 0. The number of ether oxygens (including phenoxy) is 1. The molecule has 0 atom stereocenters. The van der Waals surface area contributed by atoms with Crippen LogP contribution in [0.2, 0.25) is 0 Å². The maximum Gasteiger partial charge on any atom is 0.264 e. The number of methoxy groups -OCH3 is 1. The molecule has 0 aliphatic heterocycles. The number of aromatic nitrogens is 2. The average molecular weight is 306 g/mol. The van der Waals surface area contributed by atoms with Gasteiger partial charge < -0.3 is 9.72 Å². The van der Waals surface area contributed by atoms with E-state index >= 15 is 0 Å². The van der Waals surface area contributed by atoms with Crippen molar-refractivity contribution in [1.82, 2.24) is 9.97 Å². The van der Waals surface area contributed by atoms with Gasteiger partial charge in [-0.1, -0.05) is 0 Å². The SMILES string of the molecule is COC1(c2ncc(I)c(=O)[nH]2)CCC1. The number of nitrogens with zero attached hydrogens (tertiary/aromatic N) is 1. The first-order chi connectivity index (χ1) is 6.68. The molecule has 0 radical (unpaired) electrons. The van der Waals surface area contributed by atoms with E-state index in [2.05, 4.69) is 9.97 Å². The van der Waals surface area contributed by atoms with Crippen molar-refractivity contribution in [3.63, 3.8) is 0 Å². The van der Waals surface area contributed by atoms with Gasteiger partial charge in [-0.05, 0) is 41.9 Å². The summed E-state index contributed by atoms with van der Waals surface area (Å²) in [6, 6.07) is 0. The summed E-state index contributed by atoms with van der Waals surface area (Å²) in [6.45, 7) is 0. The van der Waals surface area contributed by atoms with Gasteiger partial charge in [-0.15, -0.1) is 0 Å². The standard InChI is InChI=1S/C9H11IN2O2/c1-14-9(3-2-4-9)8-11-5-6(10)7(13)12-8/h5H,2-4H2,1H3,(H,11,12,13). The molecule has 1 heterocycles. The molecule has 1 aliphatic rings. The maximum absolute atomic E-state index is 11.4. The summed E-state index contributed by atoms with van der Waals surface area (Å²) < 4.78 is 6.03. The molecular formula is C9H11IN2O2. The topological polar surface area (TPSA) is 55.0 Å². The number of nitrogens with one attached hydrogen (secondary N) is 1. The Balaban J connectivity index is 2.41. The van der Waals surface area contributed by atoms with Gasteiger partial charge in [-0.2, -0.15) is 0 Å². The highest BCUT2D eigenvalue weighted by atomic mass is 127. The first kappa shape index (κ1) is 10.1. The van der Waals surface area contributed by atoms with Crippen LogP contribution < -0.4 is 5.56 Å². The van der Waals surface area contributed by atoms with Gasteiger partial charge in [0.1, 0.15) is 11.4 Å². The summed E-state index contributed by atoms with van der Waals surface area (Å²) in [5.74, 6) is 0.664. The van der Waals surface area contributed by atoms with Crippen LogP contribution in [-0.2, 0) is 10.3 Å². The number of aromatic amines is 1. The van der Waals surface area contributed by atoms with Crippen LogP contribution in [0, 0.1) is 3.57 Å². The van der Waals surface area contributed by atoms with Crippen molar-refractivity contribution in [2.45, 2.75) is 24.9 Å². The normalized spacial score (nSPS) is 19.0. The van der Waals surface area contributed by atoms with E-state index in [0.717, 1.165) is 19.3 Å². The molecule has 1 N–H and O–H groups in total. The van der Waals surface area contributed by atoms with Crippen molar-refractivity contribution in [2.24, 2.45) is 0 Å². The first-order valence-corrected chi connectivity index (χ1v) is 5.56. The second kappa shape index (κ2) is 3.62. The van der Waals surface area contributed by atoms with Crippen molar-refractivity contribution in [3.05, 3.63) is 25.9 Å². The lowest BCUT2D eigenvalue weighted by Gasteiger charge is -2.39. The first-order valence-electron chi connectivity index (χ1n) is 4.48. The Bertz CT molecular complexity index is 393. The van der Waals surface area contributed by atoms with Gasteiger partial charge in [0.2, 0.25) is 0 Å². The minimum absolute atomic E-state index is 0.0843. The molecule has 14 heavy (non-hydrogen) atoms. The third-order valence-corrected chi connectivity index (χ3v) is 3.51. The van der Waals surface area contributed by atoms with E-state index in [1.54, 1.807) is 13.3 Å². The van der Waals surface area contributed by atoms with E-state index in [1.165, 1.54) is 0 Å². The van der Waals surface area contributed by atoms with Gasteiger partial charge in [0.15, 0.2) is 0 Å². The largest absolute Gasteiger partial charge is 0.370 e. The quantitative estimate of drug-likeness (QED) is 0.840. The summed E-state index contributed by atoms with van der Waals surface area (Å²) in [4.78, 5) is 18.4. The Morgan fingerprint density at radius 3 is 2.79 bits per heavy atom. The molecule has 1 fully saturated rings. The van der Waals surface area contributed by atoms with Crippen LogP contribution in [0.1, 0.15) is 25.1 Å². The number of rotatable bonds is 2. The molecule has 4 nitrogen and oxygen atoms in total. The Morgan fingerprint density at radius 1 is 1.64 bits per heavy atom. The minimum atomic E-state index is -0.330. The van der Waals surface area contributed by atoms with Crippen molar-refractivity contribution in [2.75, 3.05) is 7.11 Å². The predicted molar refractivity (Wildman–Crippen MR) is 60.1 cm³/mol. The Hall–Kier alpha value is -0.430. The zero-order valence-corrected chi connectivity index (χ0v) is 10.00. The second-order valence-corrected chi connectivity index (χ2v) is 4.62. The van der Waals surface area contributed by atoms with Gasteiger partial charge in [0.05, 0.1) is 3.57 Å². The lowest BCUT2D eigenvalue weighted by molar-refractivity contribution is -0.0848. The van der Waals surface area contributed by atoms with Crippen LogP contribution in [0.25, 0.3) is 0 Å². The maximum atomic E-state index is 11.4. The van der Waals surface area contributed by atoms with Gasteiger partial charge >= 0.3 is 0 Å². The van der Waals surface area contributed by atoms with E-state index < -0.39 is 0 Å². The average Bonchev–Trinajstić information content (AvgIpc) is 2.10. The number of H-pyrrole nitrogens is 1. The summed E-state index contributed by atoms with van der Waals surface area (Å²) in [6.07, 6.45) is 4.59. The second-order valence-electron chi connectivity index (χ2n) is 3.46. The zero-order valence-electron chi connectivity index (χ0n) is 7.84. The van der Waals surface area contributed by atoms with Crippen molar-refractivity contribution in [3.8, 4) is 0 Å². The molecule has 76 valence electrons. The fourth-order valence-electron chi connectivity index (χ4n) is 1.65. The molecule has 0 spiro atoms. The van der Waals surface area contributed by atoms with Crippen molar-refractivity contribution in [1.29, 1.82) is 0 Å². The highest BCUT2D eigenvalue weighted by Gasteiger charge is 2.41. The minimum Gasteiger partial charge on any atom is -0.370 e. The molecule has 0 amide bonds. The predicted octanol–water partition coefficient (Wildman–Crippen LogP) is 1.40. The van der Waals surface area contributed by atoms with Crippen LogP contribution in [0.5, 0.6) is 0 Å². The zero-order chi connectivity index (χ0) is 10.2. The molecule has 1 saturated carbocycles. The Morgan fingerprint density at radius 2 is 2.36 bits per heavy atom. The van der Waals surface area contributed by atoms with Gasteiger partial charge in [0.25, 0.3) is 5.56 Å². The molecular weight excluding hydrogens is 295 g/mol. The third kappa shape index (κ3) is 1.48. The van der Waals surface area contributed by atoms with Crippen LogP contribution in [0.4, 0.5) is 0 Å².